The first-order valence-electron chi connectivity index (χ1n) is 4.53. The monoisotopic (exact) mass is 275 g/mol. The highest BCUT2D eigenvalue weighted by Crippen LogP contribution is 2.36. The van der Waals surface area contributed by atoms with Gasteiger partial charge in [0.25, 0.3) is 0 Å². The molecule has 3 N–H and O–H groups in total. The minimum atomic E-state index is -0.0335. The summed E-state index contributed by atoms with van der Waals surface area (Å²) in [5.74, 6) is 1.20. The molecule has 0 saturated carbocycles. The average molecular weight is 276 g/mol. The second-order valence-corrected chi connectivity index (χ2v) is 3.74. The van der Waals surface area contributed by atoms with Crippen LogP contribution < -0.4 is 15.2 Å². The Morgan fingerprint density at radius 3 is 2.73 bits per heavy atom. The predicted octanol–water partition coefficient (Wildman–Crippen LogP) is 1.29. The lowest BCUT2D eigenvalue weighted by atomic mass is 10.2. The van der Waals surface area contributed by atoms with E-state index >= 15 is 0 Å². The molecule has 0 saturated heterocycles. The van der Waals surface area contributed by atoms with Crippen molar-refractivity contribution in [3.63, 3.8) is 0 Å². The number of hydrogen-bond acceptors (Lipinski definition) is 4. The number of nitrogens with two attached hydrogens (primary N) is 1. The fourth-order valence-electron chi connectivity index (χ4n) is 1.18. The number of aliphatic hydroxyl groups excluding tert-OH is 1. The zero-order chi connectivity index (χ0) is 11.3. The van der Waals surface area contributed by atoms with Crippen molar-refractivity contribution in [3.05, 3.63) is 22.2 Å². The van der Waals surface area contributed by atoms with Gasteiger partial charge in [-0.15, -0.1) is 0 Å². The Kier molecular flexibility index (Phi) is 4.87. The van der Waals surface area contributed by atoms with Gasteiger partial charge in [0.1, 0.15) is 6.61 Å². The van der Waals surface area contributed by atoms with Crippen molar-refractivity contribution in [1.82, 2.24) is 0 Å². The summed E-state index contributed by atoms with van der Waals surface area (Å²) in [4.78, 5) is 0. The lowest BCUT2D eigenvalue weighted by molar-refractivity contribution is 0.195. The van der Waals surface area contributed by atoms with Gasteiger partial charge < -0.3 is 20.3 Å². The van der Waals surface area contributed by atoms with Crippen molar-refractivity contribution >= 4 is 15.9 Å². The number of hydrogen-bond donors (Lipinski definition) is 2. The van der Waals surface area contributed by atoms with E-state index in [1.807, 2.05) is 12.1 Å². The van der Waals surface area contributed by atoms with Gasteiger partial charge in [-0.05, 0) is 33.6 Å². The van der Waals surface area contributed by atoms with E-state index in [-0.39, 0.29) is 13.2 Å². The van der Waals surface area contributed by atoms with Gasteiger partial charge in [-0.3, -0.25) is 0 Å². The van der Waals surface area contributed by atoms with Crippen LogP contribution in [0.5, 0.6) is 11.5 Å². The summed E-state index contributed by atoms with van der Waals surface area (Å²) in [6.07, 6.45) is 0. The van der Waals surface area contributed by atoms with E-state index in [0.717, 1.165) is 10.0 Å². The van der Waals surface area contributed by atoms with Crippen LogP contribution in [-0.4, -0.2) is 25.4 Å². The van der Waals surface area contributed by atoms with E-state index in [1.165, 1.54) is 0 Å². The van der Waals surface area contributed by atoms with Crippen LogP contribution in [-0.2, 0) is 6.54 Å². The maximum atomic E-state index is 8.68. The van der Waals surface area contributed by atoms with E-state index in [4.69, 9.17) is 20.3 Å². The highest BCUT2D eigenvalue weighted by Gasteiger charge is 2.10. The summed E-state index contributed by atoms with van der Waals surface area (Å²) in [6.45, 7) is 0.639. The van der Waals surface area contributed by atoms with Crippen molar-refractivity contribution < 1.29 is 14.6 Å². The Balaban J connectivity index is 3.01. The maximum absolute atomic E-state index is 8.68. The summed E-state index contributed by atoms with van der Waals surface area (Å²) in [5.41, 5.74) is 6.49. The van der Waals surface area contributed by atoms with Gasteiger partial charge in [0.05, 0.1) is 18.2 Å². The number of aliphatic hydroxyl groups is 1. The van der Waals surface area contributed by atoms with Gasteiger partial charge >= 0.3 is 0 Å². The summed E-state index contributed by atoms with van der Waals surface area (Å²) in [7, 11) is 1.56. The minimum Gasteiger partial charge on any atom is -0.493 e. The molecule has 0 aliphatic carbocycles. The Bertz CT molecular complexity index is 331. The minimum absolute atomic E-state index is 0.0335. The first-order valence-corrected chi connectivity index (χ1v) is 5.32. The molecular weight excluding hydrogens is 262 g/mol. The molecule has 1 aromatic carbocycles. The Morgan fingerprint density at radius 2 is 2.20 bits per heavy atom. The lowest BCUT2D eigenvalue weighted by Gasteiger charge is -2.13. The van der Waals surface area contributed by atoms with Crippen LogP contribution in [0.3, 0.4) is 0 Å². The highest BCUT2D eigenvalue weighted by atomic mass is 79.9. The molecule has 0 atom stereocenters. The zero-order valence-corrected chi connectivity index (χ0v) is 10.1. The largest absolute Gasteiger partial charge is 0.493 e. The third-order valence-electron chi connectivity index (χ3n) is 1.86. The molecular formula is C10H14BrNO3. The summed E-state index contributed by atoms with van der Waals surface area (Å²) < 4.78 is 11.3. The van der Waals surface area contributed by atoms with Crippen molar-refractivity contribution in [2.24, 2.45) is 5.73 Å². The predicted molar refractivity (Wildman–Crippen MR) is 61.2 cm³/mol. The van der Waals surface area contributed by atoms with Crippen molar-refractivity contribution in [2.75, 3.05) is 20.3 Å². The third kappa shape index (κ3) is 3.09. The van der Waals surface area contributed by atoms with Crippen LogP contribution in [0.15, 0.2) is 16.6 Å². The van der Waals surface area contributed by atoms with E-state index in [2.05, 4.69) is 15.9 Å². The molecule has 0 fully saturated rings. The molecule has 0 bridgehead atoms. The summed E-state index contributed by atoms with van der Waals surface area (Å²) >= 11 is 3.37. The first-order chi connectivity index (χ1) is 7.22. The van der Waals surface area contributed by atoms with Crippen LogP contribution in [0.4, 0.5) is 0 Å². The van der Waals surface area contributed by atoms with Crippen LogP contribution in [0.1, 0.15) is 5.56 Å². The van der Waals surface area contributed by atoms with Crippen LogP contribution >= 0.6 is 15.9 Å². The first kappa shape index (κ1) is 12.3. The van der Waals surface area contributed by atoms with Crippen molar-refractivity contribution in [1.29, 1.82) is 0 Å². The molecule has 0 spiro atoms. The smallest absolute Gasteiger partial charge is 0.175 e. The molecule has 84 valence electrons. The van der Waals surface area contributed by atoms with Gasteiger partial charge in [0, 0.05) is 6.54 Å². The maximum Gasteiger partial charge on any atom is 0.175 e. The fraction of sp³-hybridized carbons (Fsp3) is 0.400. The van der Waals surface area contributed by atoms with Gasteiger partial charge in [-0.25, -0.2) is 0 Å². The van der Waals surface area contributed by atoms with E-state index in [0.29, 0.717) is 18.0 Å². The van der Waals surface area contributed by atoms with Gasteiger partial charge in [0.15, 0.2) is 11.5 Å². The van der Waals surface area contributed by atoms with Crippen LogP contribution in [0.25, 0.3) is 0 Å². The molecule has 15 heavy (non-hydrogen) atoms. The quantitative estimate of drug-likeness (QED) is 0.850. The molecule has 0 aliphatic rings. The third-order valence-corrected chi connectivity index (χ3v) is 2.45. The second-order valence-electron chi connectivity index (χ2n) is 2.89. The number of ether oxygens (including phenoxy) is 2. The van der Waals surface area contributed by atoms with E-state index < -0.39 is 0 Å². The standard InChI is InChI=1S/C10H14BrNO3/c1-14-9-5-7(6-12)4-8(11)10(9)15-3-2-13/h4-5,13H,2-3,6,12H2,1H3. The summed E-state index contributed by atoms with van der Waals surface area (Å²) in [5, 5.41) is 8.68. The van der Waals surface area contributed by atoms with E-state index in [9.17, 15) is 0 Å². The number of benzene rings is 1. The molecule has 4 nitrogen and oxygen atoms in total. The molecule has 1 aromatic rings. The van der Waals surface area contributed by atoms with Gasteiger partial charge in [-0.2, -0.15) is 0 Å². The fourth-order valence-corrected chi connectivity index (χ4v) is 1.78. The SMILES string of the molecule is COc1cc(CN)cc(Br)c1OCCO. The molecule has 0 radical (unpaired) electrons. The Labute approximate surface area is 97.1 Å². The molecule has 0 amide bonds. The topological polar surface area (TPSA) is 64.7 Å². The summed E-state index contributed by atoms with van der Waals surface area (Å²) in [6, 6.07) is 3.69. The van der Waals surface area contributed by atoms with E-state index in [1.54, 1.807) is 7.11 Å². The van der Waals surface area contributed by atoms with Gasteiger partial charge in [-0.1, -0.05) is 0 Å². The molecule has 0 heterocycles. The van der Waals surface area contributed by atoms with Crippen LogP contribution in [0, 0.1) is 0 Å². The van der Waals surface area contributed by atoms with Crippen molar-refractivity contribution in [3.8, 4) is 11.5 Å². The second kappa shape index (κ2) is 5.95. The molecule has 0 aromatic heterocycles. The lowest BCUT2D eigenvalue weighted by Crippen LogP contribution is -2.05. The Hall–Kier alpha value is -0.780. The zero-order valence-electron chi connectivity index (χ0n) is 8.50. The Morgan fingerprint density at radius 1 is 1.47 bits per heavy atom. The molecule has 5 heteroatoms. The normalized spacial score (nSPS) is 10.1. The number of rotatable bonds is 5. The number of methoxy groups -OCH3 is 1. The van der Waals surface area contributed by atoms with Crippen LogP contribution in [0.2, 0.25) is 0 Å². The molecule has 0 unspecified atom stereocenters. The average Bonchev–Trinajstić information content (AvgIpc) is 2.26. The molecule has 1 rings (SSSR count). The number of halogens is 1. The molecule has 0 aliphatic heterocycles. The van der Waals surface area contributed by atoms with Gasteiger partial charge in [0.2, 0.25) is 0 Å². The highest BCUT2D eigenvalue weighted by molar-refractivity contribution is 9.10. The van der Waals surface area contributed by atoms with Crippen molar-refractivity contribution in [2.45, 2.75) is 6.54 Å².